The van der Waals surface area contributed by atoms with E-state index in [0.29, 0.717) is 0 Å². The van der Waals surface area contributed by atoms with Crippen LogP contribution in [-0.4, -0.2) is 15.0 Å². The molecule has 102 valence electrons. The van der Waals surface area contributed by atoms with Crippen molar-refractivity contribution in [1.29, 1.82) is 0 Å². The molecule has 1 aromatic rings. The minimum Gasteiger partial charge on any atom is -0.252 e. The van der Waals surface area contributed by atoms with E-state index in [-0.39, 0.29) is 5.41 Å². The lowest BCUT2D eigenvalue weighted by molar-refractivity contribution is 0.406. The summed E-state index contributed by atoms with van der Waals surface area (Å²) < 4.78 is 1.92. The predicted molar refractivity (Wildman–Crippen MR) is 77.2 cm³/mol. The standard InChI is InChI=1S/C13H21N3.C2H6/c1-5-6-7-8-9-16-11-12(14-15-16)10-13(2,3)4;1-2/h11H,7-10H2,1-4H3;1-2H3. The molecule has 3 heteroatoms. The van der Waals surface area contributed by atoms with Crippen LogP contribution in [0.15, 0.2) is 6.20 Å². The number of aryl methyl sites for hydroxylation is 1. The first kappa shape index (κ1) is 16.7. The van der Waals surface area contributed by atoms with Crippen LogP contribution in [0.3, 0.4) is 0 Å². The fourth-order valence-corrected chi connectivity index (χ4v) is 1.53. The van der Waals surface area contributed by atoms with Gasteiger partial charge in [-0.2, -0.15) is 0 Å². The van der Waals surface area contributed by atoms with Gasteiger partial charge < -0.3 is 0 Å². The van der Waals surface area contributed by atoms with E-state index in [1.54, 1.807) is 0 Å². The van der Waals surface area contributed by atoms with Crippen LogP contribution >= 0.6 is 0 Å². The van der Waals surface area contributed by atoms with Gasteiger partial charge in [0.2, 0.25) is 0 Å². The molecule has 0 amide bonds. The van der Waals surface area contributed by atoms with Gasteiger partial charge in [0.25, 0.3) is 0 Å². The number of aromatic nitrogens is 3. The smallest absolute Gasteiger partial charge is 0.0832 e. The molecule has 0 unspecified atom stereocenters. The van der Waals surface area contributed by atoms with Gasteiger partial charge in [0.15, 0.2) is 0 Å². The zero-order valence-electron chi connectivity index (χ0n) is 12.7. The molecule has 0 spiro atoms. The topological polar surface area (TPSA) is 30.7 Å². The molecule has 0 saturated carbocycles. The third-order valence-corrected chi connectivity index (χ3v) is 2.16. The number of rotatable bonds is 4. The lowest BCUT2D eigenvalue weighted by Gasteiger charge is -2.15. The minimum atomic E-state index is 0.272. The van der Waals surface area contributed by atoms with Gasteiger partial charge in [0.05, 0.1) is 5.69 Å². The van der Waals surface area contributed by atoms with E-state index in [1.807, 2.05) is 31.6 Å². The van der Waals surface area contributed by atoms with Crippen molar-refractivity contribution in [2.24, 2.45) is 5.41 Å². The Morgan fingerprint density at radius 3 is 2.50 bits per heavy atom. The van der Waals surface area contributed by atoms with Crippen molar-refractivity contribution >= 4 is 0 Å². The molecule has 1 rings (SSSR count). The van der Waals surface area contributed by atoms with Gasteiger partial charge in [-0.15, -0.1) is 16.9 Å². The molecule has 3 nitrogen and oxygen atoms in total. The highest BCUT2D eigenvalue weighted by Gasteiger charge is 2.13. The van der Waals surface area contributed by atoms with Crippen molar-refractivity contribution in [2.75, 3.05) is 0 Å². The van der Waals surface area contributed by atoms with E-state index in [0.717, 1.165) is 31.5 Å². The van der Waals surface area contributed by atoms with Crippen molar-refractivity contribution in [1.82, 2.24) is 15.0 Å². The van der Waals surface area contributed by atoms with E-state index >= 15 is 0 Å². The van der Waals surface area contributed by atoms with Crippen LogP contribution in [0.25, 0.3) is 0 Å². The van der Waals surface area contributed by atoms with Gasteiger partial charge in [-0.25, -0.2) is 0 Å². The summed E-state index contributed by atoms with van der Waals surface area (Å²) in [6, 6.07) is 0. The minimum absolute atomic E-state index is 0.272. The van der Waals surface area contributed by atoms with E-state index in [2.05, 4.69) is 42.9 Å². The monoisotopic (exact) mass is 249 g/mol. The molecular weight excluding hydrogens is 222 g/mol. The molecule has 0 aliphatic carbocycles. The maximum absolute atomic E-state index is 4.18. The van der Waals surface area contributed by atoms with E-state index in [4.69, 9.17) is 0 Å². The predicted octanol–water partition coefficient (Wildman–Crippen LogP) is 3.70. The van der Waals surface area contributed by atoms with E-state index < -0.39 is 0 Å². The molecule has 0 N–H and O–H groups in total. The Kier molecular flexibility index (Phi) is 8.11. The number of hydrogen-bond acceptors (Lipinski definition) is 2. The number of unbranched alkanes of at least 4 members (excludes halogenated alkanes) is 1. The fourth-order valence-electron chi connectivity index (χ4n) is 1.53. The zero-order chi connectivity index (χ0) is 14.0. The second kappa shape index (κ2) is 8.74. The molecule has 0 fully saturated rings. The third-order valence-electron chi connectivity index (χ3n) is 2.16. The average molecular weight is 249 g/mol. The molecular formula is C15H27N3. The van der Waals surface area contributed by atoms with Gasteiger partial charge >= 0.3 is 0 Å². The molecule has 0 saturated heterocycles. The van der Waals surface area contributed by atoms with Crippen LogP contribution in [0.5, 0.6) is 0 Å². The Labute approximate surface area is 112 Å². The van der Waals surface area contributed by atoms with Gasteiger partial charge in [-0.05, 0) is 25.2 Å². The van der Waals surface area contributed by atoms with Crippen molar-refractivity contribution in [3.8, 4) is 11.8 Å². The number of nitrogens with zero attached hydrogens (tertiary/aromatic N) is 3. The summed E-state index contributed by atoms with van der Waals surface area (Å²) in [6.07, 6.45) is 5.00. The highest BCUT2D eigenvalue weighted by Crippen LogP contribution is 2.18. The Hall–Kier alpha value is -1.30. The summed E-state index contributed by atoms with van der Waals surface area (Å²) in [4.78, 5) is 0. The molecule has 0 bridgehead atoms. The van der Waals surface area contributed by atoms with E-state index in [1.165, 1.54) is 0 Å². The Morgan fingerprint density at radius 1 is 1.28 bits per heavy atom. The highest BCUT2D eigenvalue weighted by molar-refractivity contribution is 4.96. The van der Waals surface area contributed by atoms with Crippen LogP contribution in [0, 0.1) is 17.3 Å². The van der Waals surface area contributed by atoms with Crippen molar-refractivity contribution in [3.63, 3.8) is 0 Å². The molecule has 18 heavy (non-hydrogen) atoms. The van der Waals surface area contributed by atoms with Crippen molar-refractivity contribution < 1.29 is 0 Å². The van der Waals surface area contributed by atoms with Gasteiger partial charge in [0.1, 0.15) is 0 Å². The molecule has 1 aromatic heterocycles. The van der Waals surface area contributed by atoms with E-state index in [9.17, 15) is 0 Å². The summed E-state index contributed by atoms with van der Waals surface area (Å²) >= 11 is 0. The molecule has 0 aromatic carbocycles. The largest absolute Gasteiger partial charge is 0.252 e. The first-order valence-corrected chi connectivity index (χ1v) is 6.80. The summed E-state index contributed by atoms with van der Waals surface area (Å²) in [5, 5.41) is 8.29. The highest BCUT2D eigenvalue weighted by atomic mass is 15.4. The SMILES string of the molecule is CC.CC#CCCCn1cc(CC(C)(C)C)nn1. The van der Waals surface area contributed by atoms with Gasteiger partial charge in [0, 0.05) is 19.2 Å². The Morgan fingerprint density at radius 2 is 1.94 bits per heavy atom. The summed E-state index contributed by atoms with van der Waals surface area (Å²) in [6.45, 7) is 13.4. The van der Waals surface area contributed by atoms with Crippen LogP contribution < -0.4 is 0 Å². The maximum atomic E-state index is 4.18. The second-order valence-electron chi connectivity index (χ2n) is 5.24. The molecule has 0 aliphatic heterocycles. The quantitative estimate of drug-likeness (QED) is 0.602. The molecule has 0 radical (unpaired) electrons. The van der Waals surface area contributed by atoms with Crippen molar-refractivity contribution in [3.05, 3.63) is 11.9 Å². The van der Waals surface area contributed by atoms with Crippen LogP contribution in [0.2, 0.25) is 0 Å². The van der Waals surface area contributed by atoms with Crippen LogP contribution in [0.4, 0.5) is 0 Å². The Balaban J connectivity index is 0.00000137. The first-order valence-electron chi connectivity index (χ1n) is 6.80. The first-order chi connectivity index (χ1) is 8.51. The summed E-state index contributed by atoms with van der Waals surface area (Å²) in [5.74, 6) is 5.95. The number of hydrogen-bond donors (Lipinski definition) is 0. The Bertz CT molecular complexity index is 374. The average Bonchev–Trinajstić information content (AvgIpc) is 2.72. The van der Waals surface area contributed by atoms with Crippen LogP contribution in [0.1, 0.15) is 60.1 Å². The third kappa shape index (κ3) is 7.89. The zero-order valence-corrected chi connectivity index (χ0v) is 12.7. The lowest BCUT2D eigenvalue weighted by Crippen LogP contribution is -2.09. The second-order valence-corrected chi connectivity index (χ2v) is 5.24. The fraction of sp³-hybridized carbons (Fsp3) is 0.733. The van der Waals surface area contributed by atoms with Gasteiger partial charge in [-0.1, -0.05) is 39.8 Å². The lowest BCUT2D eigenvalue weighted by atomic mass is 9.91. The summed E-state index contributed by atoms with van der Waals surface area (Å²) in [7, 11) is 0. The normalized spacial score (nSPS) is 10.1. The molecule has 0 aliphatic rings. The maximum Gasteiger partial charge on any atom is 0.0832 e. The van der Waals surface area contributed by atoms with Crippen LogP contribution in [-0.2, 0) is 13.0 Å². The molecule has 0 atom stereocenters. The summed E-state index contributed by atoms with van der Waals surface area (Å²) in [5.41, 5.74) is 1.35. The molecule has 1 heterocycles. The van der Waals surface area contributed by atoms with Gasteiger partial charge in [-0.3, -0.25) is 4.68 Å². The van der Waals surface area contributed by atoms with Crippen molar-refractivity contribution in [2.45, 2.75) is 67.3 Å².